The number of carbonyl (C=O) groups is 1. The third-order valence-electron chi connectivity index (χ3n) is 2.44. The van der Waals surface area contributed by atoms with E-state index in [0.717, 1.165) is 22.9 Å². The SMILES string of the molecule is C=Cc1cc(Br)cc(OCC(=O)NC2CC2)c1. The van der Waals surface area contributed by atoms with Gasteiger partial charge in [0, 0.05) is 10.5 Å². The molecule has 2 rings (SSSR count). The topological polar surface area (TPSA) is 38.3 Å². The Morgan fingerprint density at radius 3 is 2.94 bits per heavy atom. The van der Waals surface area contributed by atoms with Gasteiger partial charge in [-0.25, -0.2) is 0 Å². The van der Waals surface area contributed by atoms with E-state index in [-0.39, 0.29) is 12.5 Å². The van der Waals surface area contributed by atoms with E-state index >= 15 is 0 Å². The van der Waals surface area contributed by atoms with Crippen LogP contribution in [0.5, 0.6) is 5.75 Å². The molecule has 0 saturated heterocycles. The molecular weight excluding hydrogens is 282 g/mol. The summed E-state index contributed by atoms with van der Waals surface area (Å²) in [6.07, 6.45) is 3.91. The molecule has 4 heteroatoms. The molecule has 3 nitrogen and oxygen atoms in total. The number of hydrogen-bond acceptors (Lipinski definition) is 2. The molecule has 1 N–H and O–H groups in total. The van der Waals surface area contributed by atoms with Crippen molar-refractivity contribution in [2.45, 2.75) is 18.9 Å². The molecule has 0 aromatic heterocycles. The second-order valence-corrected chi connectivity index (χ2v) is 4.97. The summed E-state index contributed by atoms with van der Waals surface area (Å²) in [4.78, 5) is 11.4. The second-order valence-electron chi connectivity index (χ2n) is 4.05. The van der Waals surface area contributed by atoms with Crippen LogP contribution >= 0.6 is 15.9 Å². The lowest BCUT2D eigenvalue weighted by Crippen LogP contribution is -2.30. The van der Waals surface area contributed by atoms with Crippen LogP contribution in [0.2, 0.25) is 0 Å². The van der Waals surface area contributed by atoms with Crippen LogP contribution in [0.1, 0.15) is 18.4 Å². The molecule has 0 unspecified atom stereocenters. The summed E-state index contributed by atoms with van der Waals surface area (Å²) in [5.74, 6) is 0.604. The van der Waals surface area contributed by atoms with Crippen LogP contribution in [0.4, 0.5) is 0 Å². The first-order chi connectivity index (χ1) is 8.17. The molecular formula is C13H14BrNO2. The minimum atomic E-state index is -0.0624. The van der Waals surface area contributed by atoms with Crippen LogP contribution in [0.3, 0.4) is 0 Å². The maximum atomic E-state index is 11.4. The average Bonchev–Trinajstić information content (AvgIpc) is 3.09. The summed E-state index contributed by atoms with van der Waals surface area (Å²) in [7, 11) is 0. The van der Waals surface area contributed by atoms with Gasteiger partial charge in [-0.1, -0.05) is 28.6 Å². The van der Waals surface area contributed by atoms with Crippen molar-refractivity contribution >= 4 is 27.9 Å². The van der Waals surface area contributed by atoms with Gasteiger partial charge in [-0.05, 0) is 36.6 Å². The minimum Gasteiger partial charge on any atom is -0.484 e. The highest BCUT2D eigenvalue weighted by atomic mass is 79.9. The quantitative estimate of drug-likeness (QED) is 0.907. The fourth-order valence-corrected chi connectivity index (χ4v) is 1.92. The van der Waals surface area contributed by atoms with Crippen LogP contribution in [0.25, 0.3) is 6.08 Å². The molecule has 0 spiro atoms. The number of hydrogen-bond donors (Lipinski definition) is 1. The molecule has 0 bridgehead atoms. The summed E-state index contributed by atoms with van der Waals surface area (Å²) in [5.41, 5.74) is 0.956. The third-order valence-corrected chi connectivity index (χ3v) is 2.90. The highest BCUT2D eigenvalue weighted by Gasteiger charge is 2.23. The first-order valence-corrected chi connectivity index (χ1v) is 6.32. The van der Waals surface area contributed by atoms with Crippen LogP contribution in [-0.2, 0) is 4.79 Å². The van der Waals surface area contributed by atoms with Crippen LogP contribution < -0.4 is 10.1 Å². The van der Waals surface area contributed by atoms with E-state index in [4.69, 9.17) is 4.74 Å². The molecule has 1 saturated carbocycles. The summed E-state index contributed by atoms with van der Waals surface area (Å²) < 4.78 is 6.34. The molecule has 1 aliphatic rings. The lowest BCUT2D eigenvalue weighted by molar-refractivity contribution is -0.123. The molecule has 1 aromatic carbocycles. The number of amides is 1. The second kappa shape index (κ2) is 5.36. The first-order valence-electron chi connectivity index (χ1n) is 5.52. The van der Waals surface area contributed by atoms with Gasteiger partial charge in [0.05, 0.1) is 0 Å². The van der Waals surface area contributed by atoms with E-state index in [0.29, 0.717) is 11.8 Å². The standard InChI is InChI=1S/C13H14BrNO2/c1-2-9-5-10(14)7-12(6-9)17-8-13(16)15-11-3-4-11/h2,5-7,11H,1,3-4,8H2,(H,15,16). The first kappa shape index (κ1) is 12.2. The molecule has 1 aliphatic carbocycles. The maximum absolute atomic E-state index is 11.4. The average molecular weight is 296 g/mol. The molecule has 0 heterocycles. The van der Waals surface area contributed by atoms with Gasteiger partial charge >= 0.3 is 0 Å². The zero-order valence-electron chi connectivity index (χ0n) is 9.41. The van der Waals surface area contributed by atoms with Crippen molar-refractivity contribution < 1.29 is 9.53 Å². The number of rotatable bonds is 5. The predicted octanol–water partition coefficient (Wildman–Crippen LogP) is 2.75. The molecule has 1 amide bonds. The summed E-state index contributed by atoms with van der Waals surface area (Å²) in [5, 5.41) is 2.87. The molecule has 0 aliphatic heterocycles. The molecule has 17 heavy (non-hydrogen) atoms. The normalized spacial score (nSPS) is 14.2. The fourth-order valence-electron chi connectivity index (χ4n) is 1.43. The number of carbonyl (C=O) groups excluding carboxylic acids is 1. The van der Waals surface area contributed by atoms with Gasteiger partial charge in [-0.2, -0.15) is 0 Å². The predicted molar refractivity (Wildman–Crippen MR) is 70.9 cm³/mol. The largest absolute Gasteiger partial charge is 0.484 e. The Kier molecular flexibility index (Phi) is 3.84. The number of ether oxygens (including phenoxy) is 1. The minimum absolute atomic E-state index is 0.0591. The van der Waals surface area contributed by atoms with Gasteiger partial charge in [0.15, 0.2) is 6.61 Å². The van der Waals surface area contributed by atoms with E-state index in [1.807, 2.05) is 18.2 Å². The van der Waals surface area contributed by atoms with Gasteiger partial charge < -0.3 is 10.1 Å². The Morgan fingerprint density at radius 2 is 2.29 bits per heavy atom. The van der Waals surface area contributed by atoms with Crippen molar-refractivity contribution in [3.05, 3.63) is 34.8 Å². The van der Waals surface area contributed by atoms with Gasteiger partial charge in [-0.3, -0.25) is 4.79 Å². The Labute approximate surface area is 109 Å². The fraction of sp³-hybridized carbons (Fsp3) is 0.308. The van der Waals surface area contributed by atoms with Gasteiger partial charge in [0.2, 0.25) is 0 Å². The highest BCUT2D eigenvalue weighted by molar-refractivity contribution is 9.10. The van der Waals surface area contributed by atoms with E-state index in [1.54, 1.807) is 6.08 Å². The zero-order chi connectivity index (χ0) is 12.3. The molecule has 1 aromatic rings. The van der Waals surface area contributed by atoms with E-state index < -0.39 is 0 Å². The van der Waals surface area contributed by atoms with Gasteiger partial charge in [0.1, 0.15) is 5.75 Å². The van der Waals surface area contributed by atoms with E-state index in [9.17, 15) is 4.79 Å². The Morgan fingerprint density at radius 1 is 1.53 bits per heavy atom. The van der Waals surface area contributed by atoms with E-state index in [1.165, 1.54) is 0 Å². The molecule has 1 fully saturated rings. The zero-order valence-corrected chi connectivity index (χ0v) is 11.0. The van der Waals surface area contributed by atoms with Crippen molar-refractivity contribution in [3.8, 4) is 5.75 Å². The lowest BCUT2D eigenvalue weighted by Gasteiger charge is -2.08. The van der Waals surface area contributed by atoms with Crippen LogP contribution in [0.15, 0.2) is 29.3 Å². The van der Waals surface area contributed by atoms with Crippen LogP contribution in [0, 0.1) is 0 Å². The van der Waals surface area contributed by atoms with Crippen molar-refractivity contribution in [2.75, 3.05) is 6.61 Å². The van der Waals surface area contributed by atoms with Gasteiger partial charge in [0.25, 0.3) is 5.91 Å². The monoisotopic (exact) mass is 295 g/mol. The smallest absolute Gasteiger partial charge is 0.258 e. The van der Waals surface area contributed by atoms with Gasteiger partial charge in [-0.15, -0.1) is 0 Å². The molecule has 0 radical (unpaired) electrons. The Hall–Kier alpha value is -1.29. The van der Waals surface area contributed by atoms with Crippen molar-refractivity contribution in [2.24, 2.45) is 0 Å². The van der Waals surface area contributed by atoms with Crippen molar-refractivity contribution in [3.63, 3.8) is 0 Å². The Bertz CT molecular complexity index is 441. The van der Waals surface area contributed by atoms with Crippen LogP contribution in [-0.4, -0.2) is 18.6 Å². The summed E-state index contributed by atoms with van der Waals surface area (Å²) >= 11 is 3.38. The summed E-state index contributed by atoms with van der Waals surface area (Å²) in [6, 6.07) is 5.99. The van der Waals surface area contributed by atoms with Crippen molar-refractivity contribution in [1.82, 2.24) is 5.32 Å². The third kappa shape index (κ3) is 3.89. The number of halogens is 1. The highest BCUT2D eigenvalue weighted by Crippen LogP contribution is 2.22. The maximum Gasteiger partial charge on any atom is 0.258 e. The number of benzene rings is 1. The molecule has 0 atom stereocenters. The van der Waals surface area contributed by atoms with Crippen molar-refractivity contribution in [1.29, 1.82) is 0 Å². The lowest BCUT2D eigenvalue weighted by atomic mass is 10.2. The number of nitrogens with one attached hydrogen (secondary N) is 1. The molecule has 90 valence electrons. The summed E-state index contributed by atoms with van der Waals surface area (Å²) in [6.45, 7) is 3.76. The Balaban J connectivity index is 1.90. The van der Waals surface area contributed by atoms with E-state index in [2.05, 4.69) is 27.8 Å².